The first-order valence-electron chi connectivity index (χ1n) is 15.3. The largest absolute Gasteiger partial charge is 0.453 e. The summed E-state index contributed by atoms with van der Waals surface area (Å²) in [5, 5.41) is 5.05. The maximum atomic E-state index is 6.24. The maximum absolute atomic E-state index is 6.24. The molecule has 9 rings (SSSR count). The van der Waals surface area contributed by atoms with E-state index in [9.17, 15) is 0 Å². The molecule has 1 aliphatic carbocycles. The molecule has 1 heterocycles. The Morgan fingerprint density at radius 2 is 0.955 bits per heavy atom. The van der Waals surface area contributed by atoms with Crippen molar-refractivity contribution >= 4 is 38.6 Å². The van der Waals surface area contributed by atoms with Crippen molar-refractivity contribution in [1.82, 2.24) is 0 Å². The van der Waals surface area contributed by atoms with Gasteiger partial charge in [0, 0.05) is 5.69 Å². The van der Waals surface area contributed by atoms with E-state index >= 15 is 0 Å². The third kappa shape index (κ3) is 3.81. The summed E-state index contributed by atoms with van der Waals surface area (Å²) in [4.78, 5) is 2.31. The summed E-state index contributed by atoms with van der Waals surface area (Å²) in [5.74, 6) is 1.74. The fourth-order valence-electron chi connectivity index (χ4n) is 6.88. The molecule has 0 N–H and O–H groups in total. The van der Waals surface area contributed by atoms with Crippen molar-refractivity contribution in [2.45, 2.75) is 26.2 Å². The second-order valence-electron chi connectivity index (χ2n) is 13.1. The minimum Gasteiger partial charge on any atom is -0.453 e. The Hall–Kier alpha value is -5.34. The molecule has 210 valence electrons. The molecule has 7 aromatic rings. The highest BCUT2D eigenvalue weighted by atomic mass is 16.5. The van der Waals surface area contributed by atoms with Gasteiger partial charge in [0.05, 0.1) is 11.4 Å². The van der Waals surface area contributed by atoms with E-state index in [-0.39, 0.29) is 5.41 Å². The third-order valence-electron chi connectivity index (χ3n) is 9.29. The first-order valence-corrected chi connectivity index (χ1v) is 15.3. The van der Waals surface area contributed by atoms with Crippen LogP contribution in [0.15, 0.2) is 133 Å². The topological polar surface area (TPSA) is 12.5 Å². The number of ether oxygens (including phenoxy) is 1. The van der Waals surface area contributed by atoms with E-state index in [2.05, 4.69) is 135 Å². The summed E-state index contributed by atoms with van der Waals surface area (Å²) in [7, 11) is 0. The zero-order chi connectivity index (χ0) is 29.6. The Morgan fingerprint density at radius 1 is 0.455 bits per heavy atom. The summed E-state index contributed by atoms with van der Waals surface area (Å²) in [6, 6.07) is 48.7. The summed E-state index contributed by atoms with van der Waals surface area (Å²) in [5.41, 5.74) is 12.6. The SMILES string of the molecule is CC(C)(C)c1ccc(-c2ccc3cc4c(cc3c2)-c2cc3ccc(N5c6ccccc6Oc6ccccc65)cc3cc2-4)cc1. The fourth-order valence-corrected chi connectivity index (χ4v) is 6.88. The molecular formula is C42H31NO. The average Bonchev–Trinajstić information content (AvgIpc) is 3.05. The van der Waals surface area contributed by atoms with Crippen LogP contribution >= 0.6 is 0 Å². The van der Waals surface area contributed by atoms with Gasteiger partial charge < -0.3 is 9.64 Å². The molecule has 2 nitrogen and oxygen atoms in total. The van der Waals surface area contributed by atoms with Gasteiger partial charge in [0.25, 0.3) is 0 Å². The molecule has 0 spiro atoms. The van der Waals surface area contributed by atoms with Crippen molar-refractivity contribution in [2.24, 2.45) is 0 Å². The van der Waals surface area contributed by atoms with E-state index in [1.807, 2.05) is 24.3 Å². The molecule has 7 aromatic carbocycles. The first-order chi connectivity index (χ1) is 21.4. The van der Waals surface area contributed by atoms with Gasteiger partial charge in [-0.3, -0.25) is 0 Å². The minimum atomic E-state index is 0.155. The molecule has 0 saturated heterocycles. The summed E-state index contributed by atoms with van der Waals surface area (Å²) in [6.07, 6.45) is 0. The zero-order valence-electron chi connectivity index (χ0n) is 25.1. The van der Waals surface area contributed by atoms with E-state index in [1.54, 1.807) is 0 Å². The number of hydrogen-bond donors (Lipinski definition) is 0. The van der Waals surface area contributed by atoms with Gasteiger partial charge in [-0.15, -0.1) is 0 Å². The van der Waals surface area contributed by atoms with Crippen molar-refractivity contribution < 1.29 is 4.74 Å². The standard InChI is InChI=1S/C42H31NO/c1-42(2,3)32-17-14-26(15-18-32)27-12-13-28-22-34-36(24-30(28)20-27)35-23-29-16-19-33(21-31(29)25-37(34)35)43-38-8-4-6-10-40(38)44-41-11-7-5-9-39(41)43/h4-25H,1-3H3. The molecule has 0 radical (unpaired) electrons. The molecule has 2 heteroatoms. The quantitative estimate of drug-likeness (QED) is 0.207. The molecule has 0 saturated carbocycles. The lowest BCUT2D eigenvalue weighted by atomic mass is 9.77. The molecule has 0 fully saturated rings. The van der Waals surface area contributed by atoms with Gasteiger partial charge in [-0.25, -0.2) is 0 Å². The number of fused-ring (bicyclic) bond motifs is 8. The van der Waals surface area contributed by atoms with Crippen LogP contribution in [-0.2, 0) is 5.41 Å². The van der Waals surface area contributed by atoms with Crippen LogP contribution in [0.3, 0.4) is 0 Å². The predicted molar refractivity (Wildman–Crippen MR) is 185 cm³/mol. The molecule has 0 atom stereocenters. The van der Waals surface area contributed by atoms with E-state index in [4.69, 9.17) is 4.74 Å². The van der Waals surface area contributed by atoms with Crippen molar-refractivity contribution in [1.29, 1.82) is 0 Å². The normalized spacial score (nSPS) is 13.0. The van der Waals surface area contributed by atoms with Crippen molar-refractivity contribution in [3.8, 4) is 44.9 Å². The zero-order valence-corrected chi connectivity index (χ0v) is 25.1. The second kappa shape index (κ2) is 9.08. The number of benzene rings is 7. The lowest BCUT2D eigenvalue weighted by molar-refractivity contribution is 0.477. The first kappa shape index (κ1) is 25.2. The average molecular weight is 566 g/mol. The lowest BCUT2D eigenvalue weighted by Crippen LogP contribution is -2.15. The van der Waals surface area contributed by atoms with Crippen molar-refractivity contribution in [2.75, 3.05) is 4.90 Å². The summed E-state index contributed by atoms with van der Waals surface area (Å²) < 4.78 is 6.24. The fraction of sp³-hybridized carbons (Fsp3) is 0.0952. The van der Waals surface area contributed by atoms with E-state index in [0.29, 0.717) is 0 Å². The smallest absolute Gasteiger partial charge is 0.151 e. The molecule has 0 bridgehead atoms. The van der Waals surface area contributed by atoms with Crippen molar-refractivity contribution in [3.05, 3.63) is 139 Å². The lowest BCUT2D eigenvalue weighted by Gasteiger charge is -2.33. The van der Waals surface area contributed by atoms with E-state index in [1.165, 1.54) is 60.5 Å². The van der Waals surface area contributed by atoms with Crippen LogP contribution in [0.4, 0.5) is 17.1 Å². The van der Waals surface area contributed by atoms with Crippen LogP contribution < -0.4 is 9.64 Å². The van der Waals surface area contributed by atoms with Gasteiger partial charge in [-0.1, -0.05) is 87.5 Å². The second-order valence-corrected chi connectivity index (χ2v) is 13.1. The van der Waals surface area contributed by atoms with Crippen molar-refractivity contribution in [3.63, 3.8) is 0 Å². The number of nitrogens with zero attached hydrogens (tertiary/aromatic N) is 1. The van der Waals surface area contributed by atoms with Crippen LogP contribution in [0.25, 0.3) is 54.9 Å². The highest BCUT2D eigenvalue weighted by Gasteiger charge is 2.27. The van der Waals surface area contributed by atoms with Gasteiger partial charge in [-0.05, 0) is 133 Å². The third-order valence-corrected chi connectivity index (χ3v) is 9.29. The molecule has 0 aromatic heterocycles. The number of hydrogen-bond acceptors (Lipinski definition) is 2. The molecule has 0 unspecified atom stereocenters. The molecule has 0 amide bonds. The Kier molecular flexibility index (Phi) is 5.20. The van der Waals surface area contributed by atoms with Gasteiger partial charge in [0.2, 0.25) is 0 Å². The Bertz CT molecular complexity index is 2240. The van der Waals surface area contributed by atoms with Gasteiger partial charge in [-0.2, -0.15) is 0 Å². The highest BCUT2D eigenvalue weighted by Crippen LogP contribution is 2.53. The van der Waals surface area contributed by atoms with E-state index < -0.39 is 0 Å². The predicted octanol–water partition coefficient (Wildman–Crippen LogP) is 12.2. The molecule has 2 aliphatic rings. The minimum absolute atomic E-state index is 0.155. The van der Waals surface area contributed by atoms with Gasteiger partial charge >= 0.3 is 0 Å². The Balaban J connectivity index is 1.10. The molecule has 1 aliphatic heterocycles. The highest BCUT2D eigenvalue weighted by molar-refractivity contribution is 6.12. The Morgan fingerprint density at radius 3 is 1.55 bits per heavy atom. The summed E-state index contributed by atoms with van der Waals surface area (Å²) in [6.45, 7) is 6.79. The monoisotopic (exact) mass is 565 g/mol. The maximum Gasteiger partial charge on any atom is 0.151 e. The van der Waals surface area contributed by atoms with Crippen LogP contribution in [-0.4, -0.2) is 0 Å². The van der Waals surface area contributed by atoms with Crippen LogP contribution in [0.5, 0.6) is 11.5 Å². The number of anilines is 3. The Labute approximate surface area is 257 Å². The summed E-state index contributed by atoms with van der Waals surface area (Å²) >= 11 is 0. The number of para-hydroxylation sites is 4. The van der Waals surface area contributed by atoms with Gasteiger partial charge in [0.15, 0.2) is 11.5 Å². The molecule has 44 heavy (non-hydrogen) atoms. The molecular weight excluding hydrogens is 534 g/mol. The van der Waals surface area contributed by atoms with Crippen LogP contribution in [0, 0.1) is 0 Å². The van der Waals surface area contributed by atoms with E-state index in [0.717, 1.165) is 28.6 Å². The van der Waals surface area contributed by atoms with Crippen LogP contribution in [0.2, 0.25) is 0 Å². The van der Waals surface area contributed by atoms with Crippen LogP contribution in [0.1, 0.15) is 26.3 Å². The number of rotatable bonds is 2. The van der Waals surface area contributed by atoms with Gasteiger partial charge in [0.1, 0.15) is 0 Å².